The minimum absolute atomic E-state index is 0.0416. The second kappa shape index (κ2) is 6.31. The Kier molecular flexibility index (Phi) is 4.49. The third kappa shape index (κ3) is 3.99. The first-order chi connectivity index (χ1) is 9.95. The fourth-order valence-electron chi connectivity index (χ4n) is 1.81. The van der Waals surface area contributed by atoms with Crippen LogP contribution in [0.3, 0.4) is 0 Å². The average Bonchev–Trinajstić information content (AvgIpc) is 2.87. The Hall–Kier alpha value is -2.48. The number of hydrogen-bond acceptors (Lipinski definition) is 6. The van der Waals surface area contributed by atoms with Gasteiger partial charge in [-0.2, -0.15) is 0 Å². The molecule has 2 rings (SSSR count). The van der Waals surface area contributed by atoms with E-state index < -0.39 is 10.9 Å². The Morgan fingerprint density at radius 3 is 2.86 bits per heavy atom. The Morgan fingerprint density at radius 2 is 2.24 bits per heavy atom. The number of hydrogen-bond donors (Lipinski definition) is 2. The molecule has 0 radical (unpaired) electrons. The van der Waals surface area contributed by atoms with Gasteiger partial charge < -0.3 is 10.4 Å². The van der Waals surface area contributed by atoms with Crippen LogP contribution in [0, 0.1) is 17.0 Å². The summed E-state index contributed by atoms with van der Waals surface area (Å²) in [7, 11) is 0. The number of aromatic nitrogens is 1. The van der Waals surface area contributed by atoms with Gasteiger partial charge in [0.15, 0.2) is 5.69 Å². The van der Waals surface area contributed by atoms with E-state index in [2.05, 4.69) is 10.3 Å². The number of nitro groups is 1. The van der Waals surface area contributed by atoms with E-state index >= 15 is 0 Å². The molecule has 1 aromatic carbocycles. The Labute approximate surface area is 124 Å². The van der Waals surface area contributed by atoms with E-state index in [0.29, 0.717) is 23.7 Å². The smallest absolute Gasteiger partial charge is 0.355 e. The normalized spacial score (nSPS) is 10.3. The van der Waals surface area contributed by atoms with Crippen molar-refractivity contribution in [3.8, 4) is 0 Å². The van der Waals surface area contributed by atoms with Crippen LogP contribution in [-0.4, -0.2) is 27.5 Å². The summed E-state index contributed by atoms with van der Waals surface area (Å²) in [6.45, 7) is 2.31. The summed E-state index contributed by atoms with van der Waals surface area (Å²) < 4.78 is 0. The zero-order valence-electron chi connectivity index (χ0n) is 11.2. The van der Waals surface area contributed by atoms with Gasteiger partial charge in [0.1, 0.15) is 0 Å². The number of nitrogens with zero attached hydrogens (tertiary/aromatic N) is 2. The zero-order valence-corrected chi connectivity index (χ0v) is 12.0. The van der Waals surface area contributed by atoms with Gasteiger partial charge >= 0.3 is 5.97 Å². The number of carboxylic acids is 1. The van der Waals surface area contributed by atoms with E-state index in [-0.39, 0.29) is 11.4 Å². The number of aryl methyl sites for hydroxylation is 1. The van der Waals surface area contributed by atoms with Crippen molar-refractivity contribution >= 4 is 28.7 Å². The minimum atomic E-state index is -1.04. The topological polar surface area (TPSA) is 105 Å². The lowest BCUT2D eigenvalue weighted by Crippen LogP contribution is -2.06. The standard InChI is InChI=1S/C13H13N3O4S/c1-8-4-9(6-10(5-8)16(19)20)14-3-2-12-15-11(7-21-12)13(17)18/h4-7,14H,2-3H2,1H3,(H,17,18). The van der Waals surface area contributed by atoms with Crippen molar-refractivity contribution < 1.29 is 14.8 Å². The predicted octanol–water partition coefficient (Wildman–Crippen LogP) is 2.71. The van der Waals surface area contributed by atoms with Gasteiger partial charge in [0.2, 0.25) is 0 Å². The summed E-state index contributed by atoms with van der Waals surface area (Å²) in [5, 5.41) is 24.8. The maximum Gasteiger partial charge on any atom is 0.355 e. The van der Waals surface area contributed by atoms with E-state index in [0.717, 1.165) is 5.56 Å². The molecule has 0 aliphatic rings. The Balaban J connectivity index is 1.96. The summed E-state index contributed by atoms with van der Waals surface area (Å²) in [4.78, 5) is 25.0. The molecule has 0 spiro atoms. The lowest BCUT2D eigenvalue weighted by Gasteiger charge is -2.06. The molecule has 0 aliphatic heterocycles. The van der Waals surface area contributed by atoms with Crippen LogP contribution in [0.4, 0.5) is 11.4 Å². The number of carboxylic acid groups (broad SMARTS) is 1. The van der Waals surface area contributed by atoms with Crippen LogP contribution in [-0.2, 0) is 6.42 Å². The van der Waals surface area contributed by atoms with Gasteiger partial charge in [-0.15, -0.1) is 11.3 Å². The number of thiazole rings is 1. The summed E-state index contributed by atoms with van der Waals surface area (Å²) >= 11 is 1.28. The van der Waals surface area contributed by atoms with Crippen molar-refractivity contribution in [1.29, 1.82) is 0 Å². The zero-order chi connectivity index (χ0) is 15.4. The second-order valence-corrected chi connectivity index (χ2v) is 5.37. The predicted molar refractivity (Wildman–Crippen MR) is 79.1 cm³/mol. The number of anilines is 1. The van der Waals surface area contributed by atoms with Crippen molar-refractivity contribution in [2.45, 2.75) is 13.3 Å². The second-order valence-electron chi connectivity index (χ2n) is 4.42. The van der Waals surface area contributed by atoms with Gasteiger partial charge in [-0.05, 0) is 18.6 Å². The molecule has 0 unspecified atom stereocenters. The SMILES string of the molecule is Cc1cc(NCCc2nc(C(=O)O)cs2)cc([N+](=O)[O-])c1. The number of aromatic carboxylic acids is 1. The number of carbonyl (C=O) groups is 1. The molecule has 2 aromatic rings. The summed E-state index contributed by atoms with van der Waals surface area (Å²) in [5.41, 5.74) is 1.55. The fourth-order valence-corrected chi connectivity index (χ4v) is 2.58. The molecule has 0 aliphatic carbocycles. The van der Waals surface area contributed by atoms with Crippen LogP contribution < -0.4 is 5.32 Å². The van der Waals surface area contributed by atoms with Gasteiger partial charge in [0.25, 0.3) is 5.69 Å². The highest BCUT2D eigenvalue weighted by Gasteiger charge is 2.10. The number of nitro benzene ring substituents is 1. The van der Waals surface area contributed by atoms with Crippen molar-refractivity contribution in [3.05, 3.63) is 50.0 Å². The summed E-state index contributed by atoms with van der Waals surface area (Å²) in [6, 6.07) is 4.79. The lowest BCUT2D eigenvalue weighted by molar-refractivity contribution is -0.384. The van der Waals surface area contributed by atoms with Crippen LogP contribution in [0.25, 0.3) is 0 Å². The molecule has 1 heterocycles. The maximum absolute atomic E-state index is 10.8. The molecule has 0 atom stereocenters. The molecule has 7 nitrogen and oxygen atoms in total. The summed E-state index contributed by atoms with van der Waals surface area (Å²) in [6.07, 6.45) is 0.555. The highest BCUT2D eigenvalue weighted by atomic mass is 32.1. The quantitative estimate of drug-likeness (QED) is 0.628. The molecule has 0 fully saturated rings. The minimum Gasteiger partial charge on any atom is -0.476 e. The number of non-ortho nitro benzene ring substituents is 1. The maximum atomic E-state index is 10.8. The van der Waals surface area contributed by atoms with E-state index in [9.17, 15) is 14.9 Å². The van der Waals surface area contributed by atoms with Gasteiger partial charge in [-0.25, -0.2) is 9.78 Å². The lowest BCUT2D eigenvalue weighted by atomic mass is 10.2. The van der Waals surface area contributed by atoms with Crippen molar-refractivity contribution in [1.82, 2.24) is 4.98 Å². The van der Waals surface area contributed by atoms with Crippen molar-refractivity contribution in [2.75, 3.05) is 11.9 Å². The van der Waals surface area contributed by atoms with Gasteiger partial charge in [0.05, 0.1) is 9.93 Å². The molecular weight excluding hydrogens is 294 g/mol. The average molecular weight is 307 g/mol. The molecule has 0 saturated heterocycles. The molecule has 8 heteroatoms. The third-order valence-corrected chi connectivity index (χ3v) is 3.62. The Bertz CT molecular complexity index is 684. The first-order valence-electron chi connectivity index (χ1n) is 6.13. The number of nitrogens with one attached hydrogen (secondary N) is 1. The first kappa shape index (κ1) is 14.9. The molecule has 1 aromatic heterocycles. The van der Waals surface area contributed by atoms with E-state index in [1.54, 1.807) is 6.92 Å². The van der Waals surface area contributed by atoms with Gasteiger partial charge in [-0.3, -0.25) is 10.1 Å². The first-order valence-corrected chi connectivity index (χ1v) is 7.01. The number of rotatable bonds is 6. The van der Waals surface area contributed by atoms with E-state index in [1.165, 1.54) is 28.8 Å². The molecule has 0 bridgehead atoms. The number of benzene rings is 1. The van der Waals surface area contributed by atoms with Crippen LogP contribution >= 0.6 is 11.3 Å². The molecule has 110 valence electrons. The monoisotopic (exact) mass is 307 g/mol. The fraction of sp³-hybridized carbons (Fsp3) is 0.231. The Morgan fingerprint density at radius 1 is 1.48 bits per heavy atom. The van der Waals surface area contributed by atoms with Gasteiger partial charge in [-0.1, -0.05) is 0 Å². The van der Waals surface area contributed by atoms with E-state index in [4.69, 9.17) is 5.11 Å². The van der Waals surface area contributed by atoms with E-state index in [1.807, 2.05) is 6.07 Å². The van der Waals surface area contributed by atoms with Gasteiger partial charge in [0, 0.05) is 36.2 Å². The molecular formula is C13H13N3O4S. The highest BCUT2D eigenvalue weighted by molar-refractivity contribution is 7.09. The van der Waals surface area contributed by atoms with Crippen LogP contribution in [0.1, 0.15) is 21.1 Å². The molecule has 21 heavy (non-hydrogen) atoms. The molecule has 2 N–H and O–H groups in total. The van der Waals surface area contributed by atoms with Crippen LogP contribution in [0.5, 0.6) is 0 Å². The van der Waals surface area contributed by atoms with Crippen LogP contribution in [0.2, 0.25) is 0 Å². The highest BCUT2D eigenvalue weighted by Crippen LogP contribution is 2.20. The van der Waals surface area contributed by atoms with Crippen molar-refractivity contribution in [2.24, 2.45) is 0 Å². The molecule has 0 saturated carbocycles. The van der Waals surface area contributed by atoms with Crippen molar-refractivity contribution in [3.63, 3.8) is 0 Å². The largest absolute Gasteiger partial charge is 0.476 e. The van der Waals surface area contributed by atoms with Crippen LogP contribution in [0.15, 0.2) is 23.6 Å². The third-order valence-electron chi connectivity index (χ3n) is 2.71. The summed E-state index contributed by atoms with van der Waals surface area (Å²) in [5.74, 6) is -1.04. The molecule has 0 amide bonds.